The van der Waals surface area contributed by atoms with E-state index in [9.17, 15) is 0 Å². The topological polar surface area (TPSA) is 0 Å². The van der Waals surface area contributed by atoms with E-state index in [0.29, 0.717) is 11.8 Å². The molecule has 0 heterocycles. The minimum absolute atomic E-state index is 0.641. The van der Waals surface area contributed by atoms with Gasteiger partial charge in [0.1, 0.15) is 0 Å². The molecule has 0 aliphatic carbocycles. The average molecular weight is 160 g/mol. The zero-order valence-electron chi connectivity index (χ0n) is 8.09. The van der Waals surface area contributed by atoms with Crippen LogP contribution in [-0.2, 0) is 0 Å². The number of hydrogen-bond donors (Lipinski definition) is 0. The molecular formula is C12H16. The summed E-state index contributed by atoms with van der Waals surface area (Å²) in [6.07, 6.45) is 1.19. The summed E-state index contributed by atoms with van der Waals surface area (Å²) in [6.45, 7) is 6.75. The third-order valence-electron chi connectivity index (χ3n) is 2.32. The van der Waals surface area contributed by atoms with Crippen LogP contribution in [0.25, 0.3) is 0 Å². The van der Waals surface area contributed by atoms with Crippen LogP contribution in [0.4, 0.5) is 0 Å². The van der Waals surface area contributed by atoms with E-state index in [4.69, 9.17) is 0 Å². The molecule has 1 unspecified atom stereocenters. The monoisotopic (exact) mass is 160 g/mol. The largest absolute Gasteiger partial charge is 0.0699 e. The molecule has 0 saturated heterocycles. The van der Waals surface area contributed by atoms with E-state index >= 15 is 0 Å². The first kappa shape index (κ1) is 9.13. The number of rotatable bonds is 3. The van der Waals surface area contributed by atoms with Crippen LogP contribution < -0.4 is 0 Å². The Morgan fingerprint density at radius 3 is 2.58 bits per heavy atom. The summed E-state index contributed by atoms with van der Waals surface area (Å²) < 4.78 is 0. The van der Waals surface area contributed by atoms with Crippen molar-refractivity contribution in [3.8, 4) is 0 Å². The maximum Gasteiger partial charge on any atom is 0.00574 e. The van der Waals surface area contributed by atoms with Crippen molar-refractivity contribution in [1.82, 2.24) is 0 Å². The molecule has 1 aromatic carbocycles. The molecule has 0 heteroatoms. The van der Waals surface area contributed by atoms with Gasteiger partial charge in [0.15, 0.2) is 0 Å². The SMILES string of the molecule is CCC(c1c#cccc1)C(C)C. The lowest BCUT2D eigenvalue weighted by molar-refractivity contribution is 0.485. The van der Waals surface area contributed by atoms with E-state index in [1.165, 1.54) is 12.0 Å². The third-order valence-corrected chi connectivity index (χ3v) is 2.32. The van der Waals surface area contributed by atoms with Gasteiger partial charge in [0.05, 0.1) is 0 Å². The Morgan fingerprint density at radius 1 is 1.42 bits per heavy atom. The van der Waals surface area contributed by atoms with Crippen LogP contribution in [0.2, 0.25) is 0 Å². The fraction of sp³-hybridized carbons (Fsp3) is 0.500. The van der Waals surface area contributed by atoms with Gasteiger partial charge in [-0.15, -0.1) is 0 Å². The second-order valence-electron chi connectivity index (χ2n) is 3.51. The Kier molecular flexibility index (Phi) is 3.17. The minimum atomic E-state index is 0.641. The lowest BCUT2D eigenvalue weighted by atomic mass is 9.87. The van der Waals surface area contributed by atoms with Crippen molar-refractivity contribution in [2.75, 3.05) is 0 Å². The van der Waals surface area contributed by atoms with E-state index in [2.05, 4.69) is 39.0 Å². The first-order valence-corrected chi connectivity index (χ1v) is 4.64. The predicted molar refractivity (Wildman–Crippen MR) is 52.0 cm³/mol. The van der Waals surface area contributed by atoms with Gasteiger partial charge in [0, 0.05) is 5.56 Å². The Labute approximate surface area is 75.6 Å². The molecule has 1 rings (SSSR count). The Morgan fingerprint density at radius 2 is 2.17 bits per heavy atom. The Balaban J connectivity index is 2.80. The van der Waals surface area contributed by atoms with Gasteiger partial charge in [0.25, 0.3) is 0 Å². The molecule has 0 saturated carbocycles. The molecule has 0 N–H and O–H groups in total. The molecule has 64 valence electrons. The second-order valence-corrected chi connectivity index (χ2v) is 3.51. The van der Waals surface area contributed by atoms with Gasteiger partial charge < -0.3 is 0 Å². The van der Waals surface area contributed by atoms with E-state index in [-0.39, 0.29) is 0 Å². The van der Waals surface area contributed by atoms with Crippen molar-refractivity contribution in [2.45, 2.75) is 33.1 Å². The van der Waals surface area contributed by atoms with Crippen molar-refractivity contribution >= 4 is 0 Å². The van der Waals surface area contributed by atoms with Crippen molar-refractivity contribution in [3.05, 3.63) is 35.9 Å². The standard InChI is InChI=1S/C12H16/c1-4-12(10(2)3)11-8-6-5-7-9-11/h5-6,8,10,12H,4H2,1-3H3. The van der Waals surface area contributed by atoms with Gasteiger partial charge in [0.2, 0.25) is 0 Å². The first-order valence-electron chi connectivity index (χ1n) is 4.64. The van der Waals surface area contributed by atoms with Crippen molar-refractivity contribution in [3.63, 3.8) is 0 Å². The Bertz CT molecular complexity index is 211. The first-order chi connectivity index (χ1) is 5.75. The van der Waals surface area contributed by atoms with E-state index < -0.39 is 0 Å². The highest BCUT2D eigenvalue weighted by molar-refractivity contribution is 5.13. The van der Waals surface area contributed by atoms with Gasteiger partial charge in [-0.05, 0) is 30.4 Å². The maximum absolute atomic E-state index is 3.18. The van der Waals surface area contributed by atoms with Gasteiger partial charge in [-0.3, -0.25) is 0 Å². The van der Waals surface area contributed by atoms with Crippen molar-refractivity contribution in [1.29, 1.82) is 0 Å². The van der Waals surface area contributed by atoms with Crippen LogP contribution >= 0.6 is 0 Å². The highest BCUT2D eigenvalue weighted by Crippen LogP contribution is 2.25. The highest BCUT2D eigenvalue weighted by atomic mass is 14.2. The molecule has 0 spiro atoms. The lowest BCUT2D eigenvalue weighted by Crippen LogP contribution is -2.04. The summed E-state index contributed by atoms with van der Waals surface area (Å²) in [5, 5.41) is 0. The predicted octanol–water partition coefficient (Wildman–Crippen LogP) is 3.44. The van der Waals surface area contributed by atoms with Crippen LogP contribution in [0, 0.1) is 18.1 Å². The fourth-order valence-corrected chi connectivity index (χ4v) is 1.63. The summed E-state index contributed by atoms with van der Waals surface area (Å²) in [4.78, 5) is 0. The zero-order chi connectivity index (χ0) is 8.97. The lowest BCUT2D eigenvalue weighted by Gasteiger charge is -2.17. The van der Waals surface area contributed by atoms with Crippen LogP contribution in [0.1, 0.15) is 38.7 Å². The molecule has 0 amide bonds. The molecule has 1 atom stereocenters. The molecule has 0 aliphatic heterocycles. The molecule has 0 radical (unpaired) electrons. The number of hydrogen-bond acceptors (Lipinski definition) is 0. The summed E-state index contributed by atoms with van der Waals surface area (Å²) in [6, 6.07) is 12.3. The van der Waals surface area contributed by atoms with E-state index in [0.717, 1.165) is 0 Å². The third kappa shape index (κ3) is 2.01. The smallest absolute Gasteiger partial charge is 0.00574 e. The molecule has 0 fully saturated rings. The van der Waals surface area contributed by atoms with Crippen LogP contribution in [0.5, 0.6) is 0 Å². The normalized spacial score (nSPS) is 12.7. The fourth-order valence-electron chi connectivity index (χ4n) is 1.63. The second kappa shape index (κ2) is 4.16. The summed E-state index contributed by atoms with van der Waals surface area (Å²) in [5.41, 5.74) is 1.30. The summed E-state index contributed by atoms with van der Waals surface area (Å²) >= 11 is 0. The maximum atomic E-state index is 3.18. The van der Waals surface area contributed by atoms with Crippen molar-refractivity contribution < 1.29 is 0 Å². The summed E-state index contributed by atoms with van der Waals surface area (Å²) in [5.74, 6) is 1.34. The quantitative estimate of drug-likeness (QED) is 0.635. The average Bonchev–Trinajstić information content (AvgIpc) is 2.07. The van der Waals surface area contributed by atoms with Crippen LogP contribution in [0.15, 0.2) is 18.2 Å². The van der Waals surface area contributed by atoms with Crippen LogP contribution in [-0.4, -0.2) is 0 Å². The molecule has 12 heavy (non-hydrogen) atoms. The van der Waals surface area contributed by atoms with E-state index in [1.807, 2.05) is 12.1 Å². The zero-order valence-corrected chi connectivity index (χ0v) is 8.09. The molecule has 0 nitrogen and oxygen atoms in total. The van der Waals surface area contributed by atoms with Crippen LogP contribution in [0.3, 0.4) is 0 Å². The molecule has 0 aliphatic rings. The minimum Gasteiger partial charge on any atom is -0.0699 e. The van der Waals surface area contributed by atoms with Gasteiger partial charge in [-0.1, -0.05) is 39.0 Å². The van der Waals surface area contributed by atoms with Gasteiger partial charge in [-0.25, -0.2) is 0 Å². The van der Waals surface area contributed by atoms with E-state index in [1.54, 1.807) is 0 Å². The molecular weight excluding hydrogens is 144 g/mol. The molecule has 0 bridgehead atoms. The Hall–Kier alpha value is -0.960. The highest BCUT2D eigenvalue weighted by Gasteiger charge is 2.12. The van der Waals surface area contributed by atoms with Gasteiger partial charge in [-0.2, -0.15) is 0 Å². The molecule has 0 aromatic heterocycles. The van der Waals surface area contributed by atoms with Gasteiger partial charge >= 0.3 is 0 Å². The van der Waals surface area contributed by atoms with Crippen molar-refractivity contribution in [2.24, 2.45) is 5.92 Å². The summed E-state index contributed by atoms with van der Waals surface area (Å²) in [7, 11) is 0. The molecule has 1 aromatic rings.